The van der Waals surface area contributed by atoms with E-state index in [-0.39, 0.29) is 5.88 Å². The number of pyridine rings is 1. The zero-order valence-electron chi connectivity index (χ0n) is 8.44. The molecule has 2 N–H and O–H groups in total. The largest absolute Gasteiger partial charge is 0.494 e. The Kier molecular flexibility index (Phi) is 2.54. The first-order chi connectivity index (χ1) is 7.25. The first-order valence-corrected chi connectivity index (χ1v) is 4.74. The average Bonchev–Trinajstić information content (AvgIpc) is 2.70. The molecule has 2 rings (SSSR count). The minimum absolute atomic E-state index is 0.123. The predicted molar refractivity (Wildman–Crippen MR) is 60.5 cm³/mol. The first-order valence-electron chi connectivity index (χ1n) is 4.74. The van der Waals surface area contributed by atoms with Gasteiger partial charge in [-0.15, -0.1) is 0 Å². The molecule has 15 heavy (non-hydrogen) atoms. The number of aliphatic hydroxyl groups excluding tert-OH is 1. The van der Waals surface area contributed by atoms with Crippen LogP contribution in [-0.4, -0.2) is 10.1 Å². The number of hydrogen-bond acceptors (Lipinski definition) is 3. The number of allylic oxidation sites excluding steroid dienone is 5. The van der Waals surface area contributed by atoms with Gasteiger partial charge in [-0.2, -0.15) is 0 Å². The van der Waals surface area contributed by atoms with Gasteiger partial charge >= 0.3 is 0 Å². The number of aliphatic hydroxyl groups is 1. The Bertz CT molecular complexity index is 444. The summed E-state index contributed by atoms with van der Waals surface area (Å²) in [6, 6.07) is 5.61. The Hall–Kier alpha value is -2.03. The molecule has 0 aromatic carbocycles. The predicted octanol–water partition coefficient (Wildman–Crippen LogP) is 2.70. The Morgan fingerprint density at radius 3 is 2.67 bits per heavy atom. The molecular weight excluding hydrogens is 188 g/mol. The van der Waals surface area contributed by atoms with Crippen LogP contribution in [-0.2, 0) is 0 Å². The monoisotopic (exact) mass is 200 g/mol. The van der Waals surface area contributed by atoms with Crippen molar-refractivity contribution in [3.05, 3.63) is 59.7 Å². The molecule has 0 amide bonds. The van der Waals surface area contributed by atoms with Gasteiger partial charge in [-0.1, -0.05) is 18.2 Å². The molecule has 0 aliphatic heterocycles. The third-order valence-electron chi connectivity index (χ3n) is 2.07. The fraction of sp³-hybridized carbons (Fsp3) is 0.0833. The molecule has 0 spiro atoms. The summed E-state index contributed by atoms with van der Waals surface area (Å²) in [4.78, 5) is 4.23. The van der Waals surface area contributed by atoms with Crippen LogP contribution in [0.15, 0.2) is 54.0 Å². The third-order valence-corrected chi connectivity index (χ3v) is 2.07. The van der Waals surface area contributed by atoms with E-state index in [1.54, 1.807) is 0 Å². The fourth-order valence-corrected chi connectivity index (χ4v) is 1.34. The summed E-state index contributed by atoms with van der Waals surface area (Å²) in [7, 11) is 0. The van der Waals surface area contributed by atoms with Gasteiger partial charge in [-0.3, -0.25) is 0 Å². The van der Waals surface area contributed by atoms with Crippen molar-refractivity contribution in [2.75, 3.05) is 5.32 Å². The van der Waals surface area contributed by atoms with Crippen LogP contribution in [0.5, 0.6) is 0 Å². The smallest absolute Gasteiger partial charge is 0.197 e. The first kappa shape index (κ1) is 9.52. The van der Waals surface area contributed by atoms with E-state index in [9.17, 15) is 5.11 Å². The molecule has 1 aromatic rings. The molecule has 0 atom stereocenters. The van der Waals surface area contributed by atoms with Crippen molar-refractivity contribution in [2.45, 2.75) is 6.92 Å². The summed E-state index contributed by atoms with van der Waals surface area (Å²) >= 11 is 0. The number of hydrogen-bond donors (Lipinski definition) is 2. The molecule has 1 aromatic heterocycles. The van der Waals surface area contributed by atoms with Crippen molar-refractivity contribution in [2.24, 2.45) is 0 Å². The maximum Gasteiger partial charge on any atom is 0.197 e. The lowest BCUT2D eigenvalue weighted by Crippen LogP contribution is -2.02. The van der Waals surface area contributed by atoms with E-state index in [1.807, 2.05) is 49.4 Å². The molecule has 0 saturated heterocycles. The molecule has 1 heterocycles. The van der Waals surface area contributed by atoms with Gasteiger partial charge in [-0.05, 0) is 31.2 Å². The highest BCUT2D eigenvalue weighted by Gasteiger charge is 2.03. The lowest BCUT2D eigenvalue weighted by Gasteiger charge is -2.06. The molecule has 3 heteroatoms. The maximum absolute atomic E-state index is 9.72. The third kappa shape index (κ3) is 2.26. The number of rotatable bonds is 2. The highest BCUT2D eigenvalue weighted by molar-refractivity contribution is 5.48. The fourth-order valence-electron chi connectivity index (χ4n) is 1.34. The van der Waals surface area contributed by atoms with Gasteiger partial charge in [0.25, 0.3) is 0 Å². The topological polar surface area (TPSA) is 45.1 Å². The summed E-state index contributed by atoms with van der Waals surface area (Å²) in [5, 5.41) is 12.6. The van der Waals surface area contributed by atoms with Crippen molar-refractivity contribution in [3.8, 4) is 0 Å². The Morgan fingerprint density at radius 2 is 2.00 bits per heavy atom. The second-order valence-corrected chi connectivity index (χ2v) is 3.31. The van der Waals surface area contributed by atoms with Crippen molar-refractivity contribution < 1.29 is 5.11 Å². The van der Waals surface area contributed by atoms with E-state index in [2.05, 4.69) is 10.3 Å². The van der Waals surface area contributed by atoms with Gasteiger partial charge in [0.05, 0.1) is 0 Å². The summed E-state index contributed by atoms with van der Waals surface area (Å²) < 4.78 is 0. The van der Waals surface area contributed by atoms with Crippen LogP contribution in [0.2, 0.25) is 0 Å². The average molecular weight is 200 g/mol. The lowest BCUT2D eigenvalue weighted by atomic mass is 10.3. The molecule has 76 valence electrons. The standard InChI is InChI=1S/C12H12N2O/c1-9-5-4-8-11(13-9)14-12(15)10-6-2-3-7-10/h2-8,15H,1H3,(H,13,14). The summed E-state index contributed by atoms with van der Waals surface area (Å²) in [5.41, 5.74) is 1.67. The van der Waals surface area contributed by atoms with E-state index in [0.29, 0.717) is 5.82 Å². The van der Waals surface area contributed by atoms with Crippen LogP contribution < -0.4 is 5.32 Å². The van der Waals surface area contributed by atoms with Gasteiger partial charge in [0.15, 0.2) is 5.88 Å². The zero-order chi connectivity index (χ0) is 10.7. The molecule has 0 unspecified atom stereocenters. The van der Waals surface area contributed by atoms with E-state index in [4.69, 9.17) is 0 Å². The van der Waals surface area contributed by atoms with Crippen molar-refractivity contribution in [3.63, 3.8) is 0 Å². The van der Waals surface area contributed by atoms with Crippen LogP contribution in [0, 0.1) is 6.92 Å². The normalized spacial score (nSPS) is 13.3. The number of aromatic nitrogens is 1. The van der Waals surface area contributed by atoms with Crippen LogP contribution in [0.4, 0.5) is 5.82 Å². The Balaban J connectivity index is 2.19. The molecule has 0 fully saturated rings. The van der Waals surface area contributed by atoms with E-state index >= 15 is 0 Å². The second-order valence-electron chi connectivity index (χ2n) is 3.31. The number of anilines is 1. The maximum atomic E-state index is 9.72. The molecule has 1 aliphatic carbocycles. The zero-order valence-corrected chi connectivity index (χ0v) is 8.44. The molecule has 0 saturated carbocycles. The number of nitrogens with zero attached hydrogens (tertiary/aromatic N) is 1. The minimum atomic E-state index is 0.123. The summed E-state index contributed by atoms with van der Waals surface area (Å²) in [6.07, 6.45) is 7.41. The lowest BCUT2D eigenvalue weighted by molar-refractivity contribution is 0.416. The van der Waals surface area contributed by atoms with E-state index in [1.165, 1.54) is 0 Å². The molecule has 0 radical (unpaired) electrons. The van der Waals surface area contributed by atoms with Crippen molar-refractivity contribution in [1.29, 1.82) is 0 Å². The number of nitrogens with one attached hydrogen (secondary N) is 1. The highest BCUT2D eigenvalue weighted by Crippen LogP contribution is 2.13. The van der Waals surface area contributed by atoms with Gasteiger partial charge in [0, 0.05) is 11.3 Å². The number of aryl methyl sites for hydroxylation is 1. The van der Waals surface area contributed by atoms with Gasteiger partial charge in [-0.25, -0.2) is 4.98 Å². The highest BCUT2D eigenvalue weighted by atomic mass is 16.3. The minimum Gasteiger partial charge on any atom is -0.494 e. The Labute approximate surface area is 88.5 Å². The SMILES string of the molecule is Cc1cccc(NC(O)=C2C=CC=C2)n1. The van der Waals surface area contributed by atoms with Gasteiger partial charge < -0.3 is 10.4 Å². The molecule has 3 nitrogen and oxygen atoms in total. The van der Waals surface area contributed by atoms with Gasteiger partial charge in [0.2, 0.25) is 0 Å². The van der Waals surface area contributed by atoms with Crippen LogP contribution >= 0.6 is 0 Å². The summed E-state index contributed by atoms with van der Waals surface area (Å²) in [6.45, 7) is 1.91. The molecule has 1 aliphatic rings. The molecular formula is C12H12N2O. The summed E-state index contributed by atoms with van der Waals surface area (Å²) in [5.74, 6) is 0.770. The van der Waals surface area contributed by atoms with E-state index in [0.717, 1.165) is 11.3 Å². The molecule has 0 bridgehead atoms. The van der Waals surface area contributed by atoms with E-state index < -0.39 is 0 Å². The van der Waals surface area contributed by atoms with Crippen LogP contribution in [0.25, 0.3) is 0 Å². The van der Waals surface area contributed by atoms with Crippen molar-refractivity contribution >= 4 is 5.82 Å². The second kappa shape index (κ2) is 4.00. The quantitative estimate of drug-likeness (QED) is 0.721. The van der Waals surface area contributed by atoms with Crippen LogP contribution in [0.3, 0.4) is 0 Å². The van der Waals surface area contributed by atoms with Crippen molar-refractivity contribution in [1.82, 2.24) is 4.98 Å². The Morgan fingerprint density at radius 1 is 1.27 bits per heavy atom. The van der Waals surface area contributed by atoms with Crippen LogP contribution in [0.1, 0.15) is 5.69 Å². The van der Waals surface area contributed by atoms with Gasteiger partial charge in [0.1, 0.15) is 5.82 Å².